The predicted molar refractivity (Wildman–Crippen MR) is 89.9 cm³/mol. The molecule has 2 heterocycles. The summed E-state index contributed by atoms with van der Waals surface area (Å²) in [4.78, 5) is 28.0. The van der Waals surface area contributed by atoms with Gasteiger partial charge in [-0.1, -0.05) is 12.1 Å². The topological polar surface area (TPSA) is 82.2 Å². The van der Waals surface area contributed by atoms with Crippen molar-refractivity contribution in [2.45, 2.75) is 18.8 Å². The summed E-state index contributed by atoms with van der Waals surface area (Å²) in [6, 6.07) is 5.07. The molecule has 0 aliphatic carbocycles. The van der Waals surface area contributed by atoms with Crippen molar-refractivity contribution in [2.24, 2.45) is 0 Å². The van der Waals surface area contributed by atoms with Gasteiger partial charge in [-0.2, -0.15) is 13.2 Å². The lowest BCUT2D eigenvalue weighted by molar-refractivity contribution is -0.184. The highest BCUT2D eigenvalue weighted by molar-refractivity contribution is 5.80. The second-order valence-electron chi connectivity index (χ2n) is 6.18. The van der Waals surface area contributed by atoms with E-state index in [-0.39, 0.29) is 19.6 Å². The number of hydrogen-bond acceptors (Lipinski definition) is 4. The molecule has 1 unspecified atom stereocenters. The van der Waals surface area contributed by atoms with Crippen LogP contribution in [0.2, 0.25) is 0 Å². The molecule has 1 amide bonds. The number of imidazole rings is 1. The maximum atomic E-state index is 13.3. The number of hydrogen-bond donors (Lipinski definition) is 3. The van der Waals surface area contributed by atoms with Crippen molar-refractivity contribution in [3.05, 3.63) is 34.7 Å². The summed E-state index contributed by atoms with van der Waals surface area (Å²) >= 11 is 0. The summed E-state index contributed by atoms with van der Waals surface area (Å²) in [5.41, 5.74) is 0.622. The quantitative estimate of drug-likeness (QED) is 0.705. The fourth-order valence-electron chi connectivity index (χ4n) is 3.12. The second-order valence-corrected chi connectivity index (χ2v) is 6.18. The first-order valence-corrected chi connectivity index (χ1v) is 8.32. The number of aromatic amines is 1. The van der Waals surface area contributed by atoms with Crippen LogP contribution in [-0.4, -0.2) is 65.3 Å². The number of piperazine rings is 1. The molecule has 0 spiro atoms. The van der Waals surface area contributed by atoms with Crippen LogP contribution < -0.4 is 16.3 Å². The zero-order valence-electron chi connectivity index (χ0n) is 14.0. The normalized spacial score (nSPS) is 17.3. The van der Waals surface area contributed by atoms with Crippen molar-refractivity contribution in [1.29, 1.82) is 0 Å². The van der Waals surface area contributed by atoms with E-state index in [0.717, 1.165) is 0 Å². The van der Waals surface area contributed by atoms with Gasteiger partial charge in [-0.3, -0.25) is 14.3 Å². The maximum absolute atomic E-state index is 13.3. The van der Waals surface area contributed by atoms with Crippen LogP contribution in [0.5, 0.6) is 0 Å². The zero-order valence-corrected chi connectivity index (χ0v) is 14.0. The van der Waals surface area contributed by atoms with E-state index in [1.54, 1.807) is 24.3 Å². The summed E-state index contributed by atoms with van der Waals surface area (Å²) in [5, 5.41) is 5.32. The number of halogens is 3. The molecule has 10 heteroatoms. The number of carbonyl (C=O) groups excluding carboxylic acids is 1. The van der Waals surface area contributed by atoms with Gasteiger partial charge in [0, 0.05) is 32.7 Å². The molecule has 142 valence electrons. The maximum Gasteiger partial charge on any atom is 0.405 e. The molecule has 1 aromatic heterocycles. The van der Waals surface area contributed by atoms with Gasteiger partial charge < -0.3 is 15.6 Å². The Morgan fingerprint density at radius 3 is 2.62 bits per heavy atom. The van der Waals surface area contributed by atoms with Crippen LogP contribution in [0.25, 0.3) is 11.0 Å². The number of para-hydroxylation sites is 2. The van der Waals surface area contributed by atoms with Crippen LogP contribution in [0.15, 0.2) is 29.1 Å². The van der Waals surface area contributed by atoms with Crippen molar-refractivity contribution in [3.63, 3.8) is 0 Å². The highest BCUT2D eigenvalue weighted by Gasteiger charge is 2.43. The number of amides is 1. The van der Waals surface area contributed by atoms with Crippen LogP contribution in [0.3, 0.4) is 0 Å². The van der Waals surface area contributed by atoms with E-state index >= 15 is 0 Å². The second kappa shape index (κ2) is 7.50. The molecule has 0 bridgehead atoms. The minimum atomic E-state index is -4.44. The molecule has 1 aromatic carbocycles. The van der Waals surface area contributed by atoms with Gasteiger partial charge in [0.15, 0.2) is 0 Å². The Bertz CT molecular complexity index is 823. The Kier molecular flexibility index (Phi) is 5.33. The average Bonchev–Trinajstić information content (AvgIpc) is 2.90. The van der Waals surface area contributed by atoms with Crippen molar-refractivity contribution >= 4 is 16.9 Å². The standard InChI is InChI=1S/C16H20F3N5O2/c17-16(18,19)13(23-7-5-20-6-8-23)9-21-14(25)10-24-12-4-2-1-3-11(12)22-15(24)26/h1-4,13,20H,5-10H2,(H,21,25)(H,22,26). The molecule has 1 saturated heterocycles. The molecular weight excluding hydrogens is 351 g/mol. The van der Waals surface area contributed by atoms with Gasteiger partial charge in [0.2, 0.25) is 5.91 Å². The first kappa shape index (κ1) is 18.5. The lowest BCUT2D eigenvalue weighted by Crippen LogP contribution is -2.57. The van der Waals surface area contributed by atoms with E-state index in [2.05, 4.69) is 15.6 Å². The fourth-order valence-corrected chi connectivity index (χ4v) is 3.12. The van der Waals surface area contributed by atoms with E-state index in [4.69, 9.17) is 0 Å². The Hall–Kier alpha value is -2.33. The lowest BCUT2D eigenvalue weighted by Gasteiger charge is -2.35. The molecule has 1 aliphatic heterocycles. The molecule has 26 heavy (non-hydrogen) atoms. The molecule has 7 nitrogen and oxygen atoms in total. The molecule has 1 atom stereocenters. The van der Waals surface area contributed by atoms with Crippen molar-refractivity contribution in [1.82, 2.24) is 25.1 Å². The Morgan fingerprint density at radius 1 is 1.23 bits per heavy atom. The van der Waals surface area contributed by atoms with Crippen LogP contribution >= 0.6 is 0 Å². The number of H-pyrrole nitrogens is 1. The van der Waals surface area contributed by atoms with Crippen molar-refractivity contribution in [3.8, 4) is 0 Å². The Balaban J connectivity index is 1.66. The van der Waals surface area contributed by atoms with E-state index in [1.165, 1.54) is 9.47 Å². The van der Waals surface area contributed by atoms with Gasteiger partial charge in [0.25, 0.3) is 0 Å². The van der Waals surface area contributed by atoms with E-state index in [0.29, 0.717) is 24.1 Å². The number of nitrogens with one attached hydrogen (secondary N) is 3. The zero-order chi connectivity index (χ0) is 18.7. The summed E-state index contributed by atoms with van der Waals surface area (Å²) in [6.45, 7) is 0.606. The van der Waals surface area contributed by atoms with Crippen LogP contribution in [0.4, 0.5) is 13.2 Å². The van der Waals surface area contributed by atoms with Gasteiger partial charge in [0.1, 0.15) is 12.6 Å². The number of aromatic nitrogens is 2. The summed E-state index contributed by atoms with van der Waals surface area (Å²) < 4.78 is 41.2. The Labute approximate surface area is 147 Å². The van der Waals surface area contributed by atoms with Crippen molar-refractivity contribution < 1.29 is 18.0 Å². The van der Waals surface area contributed by atoms with Crippen LogP contribution in [0.1, 0.15) is 0 Å². The first-order valence-electron chi connectivity index (χ1n) is 8.32. The largest absolute Gasteiger partial charge is 0.405 e. The van der Waals surface area contributed by atoms with Gasteiger partial charge in [-0.15, -0.1) is 0 Å². The first-order chi connectivity index (χ1) is 12.4. The minimum Gasteiger partial charge on any atom is -0.353 e. The number of alkyl halides is 3. The number of carbonyl (C=O) groups is 1. The molecular formula is C16H20F3N5O2. The van der Waals surface area contributed by atoms with E-state index in [9.17, 15) is 22.8 Å². The number of nitrogens with zero attached hydrogens (tertiary/aromatic N) is 2. The Morgan fingerprint density at radius 2 is 1.92 bits per heavy atom. The van der Waals surface area contributed by atoms with E-state index in [1.807, 2.05) is 0 Å². The van der Waals surface area contributed by atoms with E-state index < -0.39 is 30.4 Å². The average molecular weight is 371 g/mol. The minimum absolute atomic E-state index is 0.266. The lowest BCUT2D eigenvalue weighted by atomic mass is 10.2. The monoisotopic (exact) mass is 371 g/mol. The number of fused-ring (bicyclic) bond motifs is 1. The van der Waals surface area contributed by atoms with Gasteiger partial charge in [-0.05, 0) is 12.1 Å². The number of benzene rings is 1. The molecule has 3 N–H and O–H groups in total. The third-order valence-electron chi connectivity index (χ3n) is 4.45. The summed E-state index contributed by atoms with van der Waals surface area (Å²) in [5.74, 6) is -0.638. The number of rotatable bonds is 5. The fraction of sp³-hybridized carbons (Fsp3) is 0.500. The van der Waals surface area contributed by atoms with Gasteiger partial charge in [0.05, 0.1) is 11.0 Å². The van der Waals surface area contributed by atoms with Crippen LogP contribution in [0, 0.1) is 0 Å². The van der Waals surface area contributed by atoms with Gasteiger partial charge in [-0.25, -0.2) is 4.79 Å². The van der Waals surface area contributed by atoms with Crippen LogP contribution in [-0.2, 0) is 11.3 Å². The smallest absolute Gasteiger partial charge is 0.353 e. The third-order valence-corrected chi connectivity index (χ3v) is 4.45. The molecule has 2 aromatic rings. The molecule has 0 saturated carbocycles. The molecule has 1 aliphatic rings. The summed E-state index contributed by atoms with van der Waals surface area (Å²) in [6.07, 6.45) is -4.44. The highest BCUT2D eigenvalue weighted by atomic mass is 19.4. The molecule has 3 rings (SSSR count). The molecule has 0 radical (unpaired) electrons. The summed E-state index contributed by atoms with van der Waals surface area (Å²) in [7, 11) is 0. The predicted octanol–water partition coefficient (Wildman–Crippen LogP) is 0.282. The third kappa shape index (κ3) is 4.07. The molecule has 1 fully saturated rings. The van der Waals surface area contributed by atoms with Gasteiger partial charge >= 0.3 is 11.9 Å². The highest BCUT2D eigenvalue weighted by Crippen LogP contribution is 2.24. The van der Waals surface area contributed by atoms with Crippen molar-refractivity contribution in [2.75, 3.05) is 32.7 Å². The SMILES string of the molecule is O=C(Cn1c(=O)[nH]c2ccccc21)NCC(N1CCNCC1)C(F)(F)F.